The summed E-state index contributed by atoms with van der Waals surface area (Å²) in [7, 11) is -4.87. The summed E-state index contributed by atoms with van der Waals surface area (Å²) >= 11 is 0. The first kappa shape index (κ1) is 31.1. The number of rotatable bonds is 13. The Bertz CT molecular complexity index is 1290. The fraction of sp³-hybridized carbons (Fsp3) is 0.379. The van der Waals surface area contributed by atoms with Gasteiger partial charge >= 0.3 is 15.6 Å². The van der Waals surface area contributed by atoms with E-state index in [0.717, 1.165) is 11.1 Å². The molecule has 41 heavy (non-hydrogen) atoms. The maximum absolute atomic E-state index is 13.4. The zero-order valence-corrected chi connectivity index (χ0v) is 23.0. The zero-order chi connectivity index (χ0) is 29.3. The van der Waals surface area contributed by atoms with E-state index in [1.165, 1.54) is 7.11 Å². The molecule has 0 bridgehead atoms. The van der Waals surface area contributed by atoms with E-state index in [9.17, 15) is 21.6 Å². The minimum Gasteiger partial charge on any atom is -0.374 e. The molecule has 1 unspecified atom stereocenters. The molecule has 0 amide bonds. The summed E-state index contributed by atoms with van der Waals surface area (Å²) in [6.45, 7) is 0.127. The number of benzene rings is 3. The number of hydrogen-bond acceptors (Lipinski definition) is 8. The van der Waals surface area contributed by atoms with Crippen molar-refractivity contribution in [2.24, 2.45) is 0 Å². The van der Waals surface area contributed by atoms with E-state index in [2.05, 4.69) is 0 Å². The predicted molar refractivity (Wildman–Crippen MR) is 142 cm³/mol. The van der Waals surface area contributed by atoms with E-state index in [1.807, 2.05) is 60.7 Å². The summed E-state index contributed by atoms with van der Waals surface area (Å²) in [5, 5.41) is 0. The fourth-order valence-electron chi connectivity index (χ4n) is 4.30. The molecule has 1 saturated heterocycles. The van der Waals surface area contributed by atoms with Crippen molar-refractivity contribution < 1.29 is 49.5 Å². The number of halogens is 3. The Kier molecular flexibility index (Phi) is 10.9. The van der Waals surface area contributed by atoms with Crippen molar-refractivity contribution in [1.29, 1.82) is 0 Å². The van der Waals surface area contributed by atoms with E-state index < -0.39 is 46.3 Å². The van der Waals surface area contributed by atoms with Crippen LogP contribution < -0.4 is 0 Å². The van der Waals surface area contributed by atoms with Gasteiger partial charge in [-0.3, -0.25) is 4.18 Å². The fourth-order valence-corrected chi connectivity index (χ4v) is 4.90. The minimum absolute atomic E-state index is 0.0334. The van der Waals surface area contributed by atoms with Crippen LogP contribution in [0.2, 0.25) is 0 Å². The van der Waals surface area contributed by atoms with Crippen LogP contribution in [0.1, 0.15) is 16.7 Å². The molecule has 3 aromatic rings. The Balaban J connectivity index is 1.64. The van der Waals surface area contributed by atoms with Gasteiger partial charge in [0, 0.05) is 7.11 Å². The Morgan fingerprint density at radius 3 is 1.63 bits per heavy atom. The average Bonchev–Trinajstić information content (AvgIpc) is 2.97. The Labute approximate surface area is 237 Å². The molecule has 5 atom stereocenters. The van der Waals surface area contributed by atoms with Crippen LogP contribution in [0.15, 0.2) is 91.0 Å². The molecule has 4 rings (SSSR count). The first-order valence-corrected chi connectivity index (χ1v) is 14.2. The molecule has 8 nitrogen and oxygen atoms in total. The standard InChI is InChI=1S/C29H31F3O8S/c1-35-28-27(40-41(33,34)29(30,31)32)26(38-19-23-15-9-4-10-16-23)25(37-18-22-13-7-3-8-14-22)24(39-28)20-36-17-21-11-5-2-6-12-21/h2-16,24-28H,17-20H2,1H3/t24-,25-,26+,27-,28?/m1/s1. The van der Waals surface area contributed by atoms with Crippen LogP contribution in [0.5, 0.6) is 0 Å². The van der Waals surface area contributed by atoms with Crippen molar-refractivity contribution in [2.45, 2.75) is 56.0 Å². The number of methoxy groups -OCH3 is 1. The lowest BCUT2D eigenvalue weighted by Gasteiger charge is -2.45. The van der Waals surface area contributed by atoms with Crippen molar-refractivity contribution in [3.05, 3.63) is 108 Å². The smallest absolute Gasteiger partial charge is 0.374 e. The second-order valence-electron chi connectivity index (χ2n) is 9.26. The number of hydrogen-bond donors (Lipinski definition) is 0. The van der Waals surface area contributed by atoms with Gasteiger partial charge in [-0.15, -0.1) is 0 Å². The molecule has 12 heteroatoms. The molecule has 1 fully saturated rings. The summed E-state index contributed by atoms with van der Waals surface area (Å²) in [5.74, 6) is 0. The van der Waals surface area contributed by atoms with Crippen molar-refractivity contribution in [1.82, 2.24) is 0 Å². The molecular formula is C29H31F3O8S. The topological polar surface area (TPSA) is 89.5 Å². The Morgan fingerprint density at radius 1 is 0.707 bits per heavy atom. The average molecular weight is 597 g/mol. The van der Waals surface area contributed by atoms with Gasteiger partial charge in [0.05, 0.1) is 26.4 Å². The summed E-state index contributed by atoms with van der Waals surface area (Å²) in [6.07, 6.45) is -6.77. The van der Waals surface area contributed by atoms with Crippen LogP contribution in [0, 0.1) is 0 Å². The van der Waals surface area contributed by atoms with Gasteiger partial charge in [-0.25, -0.2) is 0 Å². The van der Waals surface area contributed by atoms with Gasteiger partial charge in [0.1, 0.15) is 18.3 Å². The molecule has 222 valence electrons. The molecule has 0 aromatic heterocycles. The molecule has 3 aromatic carbocycles. The van der Waals surface area contributed by atoms with E-state index >= 15 is 0 Å². The monoisotopic (exact) mass is 596 g/mol. The van der Waals surface area contributed by atoms with Crippen molar-refractivity contribution >= 4 is 10.1 Å². The molecular weight excluding hydrogens is 565 g/mol. The van der Waals surface area contributed by atoms with Crippen molar-refractivity contribution in [2.75, 3.05) is 13.7 Å². The molecule has 0 saturated carbocycles. The van der Waals surface area contributed by atoms with E-state index in [0.29, 0.717) is 5.56 Å². The second-order valence-corrected chi connectivity index (χ2v) is 10.8. The highest BCUT2D eigenvalue weighted by molar-refractivity contribution is 7.87. The molecule has 0 N–H and O–H groups in total. The van der Waals surface area contributed by atoms with Crippen LogP contribution in [-0.4, -0.2) is 58.3 Å². The van der Waals surface area contributed by atoms with Gasteiger partial charge in [0.2, 0.25) is 0 Å². The van der Waals surface area contributed by atoms with Crippen LogP contribution in [-0.2, 0) is 57.8 Å². The highest BCUT2D eigenvalue weighted by Gasteiger charge is 2.55. The third-order valence-corrected chi connectivity index (χ3v) is 7.35. The van der Waals surface area contributed by atoms with Crippen LogP contribution in [0.3, 0.4) is 0 Å². The number of ether oxygens (including phenoxy) is 5. The Hall–Kier alpha value is -2.84. The SMILES string of the molecule is COC1O[C@H](COCc2ccccc2)[C@@H](OCc2ccccc2)[C@H](OCc2ccccc2)[C@H]1OS(=O)(=O)C(F)(F)F. The molecule has 0 aliphatic carbocycles. The van der Waals surface area contributed by atoms with Gasteiger partial charge in [0.15, 0.2) is 12.4 Å². The molecule has 1 aliphatic heterocycles. The lowest BCUT2D eigenvalue weighted by molar-refractivity contribution is -0.308. The quantitative estimate of drug-likeness (QED) is 0.202. The normalized spacial score (nSPS) is 23.4. The molecule has 0 radical (unpaired) electrons. The summed E-state index contributed by atoms with van der Waals surface area (Å²) in [6, 6.07) is 27.3. The highest BCUT2D eigenvalue weighted by atomic mass is 32.2. The highest BCUT2D eigenvalue weighted by Crippen LogP contribution is 2.34. The molecule has 1 aliphatic rings. The van der Waals surface area contributed by atoms with Gasteiger partial charge in [-0.05, 0) is 16.7 Å². The largest absolute Gasteiger partial charge is 0.523 e. The summed E-state index contributed by atoms with van der Waals surface area (Å²) in [4.78, 5) is 0. The second kappa shape index (κ2) is 14.4. The van der Waals surface area contributed by atoms with Crippen LogP contribution in [0.4, 0.5) is 13.2 Å². The van der Waals surface area contributed by atoms with Crippen LogP contribution in [0.25, 0.3) is 0 Å². The van der Waals surface area contributed by atoms with Gasteiger partial charge < -0.3 is 23.7 Å². The van der Waals surface area contributed by atoms with Gasteiger partial charge in [0.25, 0.3) is 0 Å². The van der Waals surface area contributed by atoms with E-state index in [-0.39, 0.29) is 26.4 Å². The first-order chi connectivity index (χ1) is 19.7. The van der Waals surface area contributed by atoms with Crippen molar-refractivity contribution in [3.63, 3.8) is 0 Å². The third-order valence-electron chi connectivity index (χ3n) is 6.31. The Morgan fingerprint density at radius 2 is 1.17 bits per heavy atom. The van der Waals surface area contributed by atoms with E-state index in [1.54, 1.807) is 30.3 Å². The number of alkyl halides is 3. The minimum atomic E-state index is -6.04. The van der Waals surface area contributed by atoms with Gasteiger partial charge in [-0.2, -0.15) is 21.6 Å². The molecule has 0 spiro atoms. The maximum Gasteiger partial charge on any atom is 0.523 e. The van der Waals surface area contributed by atoms with Crippen molar-refractivity contribution in [3.8, 4) is 0 Å². The zero-order valence-electron chi connectivity index (χ0n) is 22.2. The predicted octanol–water partition coefficient (Wildman–Crippen LogP) is 4.98. The molecule has 1 heterocycles. The maximum atomic E-state index is 13.4. The van der Waals surface area contributed by atoms with E-state index in [4.69, 9.17) is 27.9 Å². The lowest BCUT2D eigenvalue weighted by atomic mass is 9.98. The lowest BCUT2D eigenvalue weighted by Crippen LogP contribution is -2.62. The third kappa shape index (κ3) is 8.58. The summed E-state index contributed by atoms with van der Waals surface area (Å²) < 4.78 is 98.4. The first-order valence-electron chi connectivity index (χ1n) is 12.8. The summed E-state index contributed by atoms with van der Waals surface area (Å²) in [5.41, 5.74) is -3.31. The van der Waals surface area contributed by atoms with Crippen LogP contribution >= 0.6 is 0 Å². The van der Waals surface area contributed by atoms with Gasteiger partial charge in [-0.1, -0.05) is 91.0 Å².